The van der Waals surface area contributed by atoms with Gasteiger partial charge in [0.1, 0.15) is 11.3 Å². The maximum absolute atomic E-state index is 12.3. The van der Waals surface area contributed by atoms with Gasteiger partial charge in [-0.1, -0.05) is 42.4 Å². The lowest BCUT2D eigenvalue weighted by Gasteiger charge is -2.18. The van der Waals surface area contributed by atoms with Crippen molar-refractivity contribution in [1.29, 1.82) is 0 Å². The highest BCUT2D eigenvalue weighted by atomic mass is 32.2. The molecule has 1 atom stereocenters. The maximum atomic E-state index is 12.3. The minimum absolute atomic E-state index is 0.0932. The Morgan fingerprint density at radius 2 is 2.13 bits per heavy atom. The van der Waals surface area contributed by atoms with E-state index in [0.717, 1.165) is 5.01 Å². The van der Waals surface area contributed by atoms with Gasteiger partial charge in [0.15, 0.2) is 5.16 Å². The second-order valence-corrected chi connectivity index (χ2v) is 8.07. The molecule has 2 aromatic heterocycles. The van der Waals surface area contributed by atoms with E-state index in [1.807, 2.05) is 14.0 Å². The van der Waals surface area contributed by atoms with Gasteiger partial charge in [-0.15, -0.1) is 20.4 Å². The Kier molecular flexibility index (Phi) is 5.27. The summed E-state index contributed by atoms with van der Waals surface area (Å²) in [5.74, 6) is 0.418. The summed E-state index contributed by atoms with van der Waals surface area (Å²) in [6.45, 7) is 1.85. The summed E-state index contributed by atoms with van der Waals surface area (Å²) < 4.78 is 1.79. The van der Waals surface area contributed by atoms with E-state index in [1.165, 1.54) is 55.2 Å². The van der Waals surface area contributed by atoms with E-state index < -0.39 is 0 Å². The Morgan fingerprint density at radius 1 is 1.35 bits per heavy atom. The second-order valence-electron chi connectivity index (χ2n) is 5.75. The van der Waals surface area contributed by atoms with Gasteiger partial charge in [-0.05, 0) is 19.8 Å². The molecule has 124 valence electrons. The third kappa shape index (κ3) is 4.08. The molecule has 1 amide bonds. The van der Waals surface area contributed by atoms with Gasteiger partial charge in [-0.2, -0.15) is 0 Å². The van der Waals surface area contributed by atoms with E-state index in [2.05, 4.69) is 25.7 Å². The number of amides is 1. The van der Waals surface area contributed by atoms with Gasteiger partial charge >= 0.3 is 0 Å². The van der Waals surface area contributed by atoms with Crippen LogP contribution in [0.3, 0.4) is 0 Å². The monoisotopic (exact) mass is 352 g/mol. The predicted octanol–water partition coefficient (Wildman–Crippen LogP) is 2.83. The number of aromatic nitrogens is 5. The van der Waals surface area contributed by atoms with Crippen molar-refractivity contribution in [1.82, 2.24) is 25.0 Å². The van der Waals surface area contributed by atoms with Gasteiger partial charge in [0.2, 0.25) is 11.0 Å². The fraction of sp³-hybridized carbons (Fsp3) is 0.643. The van der Waals surface area contributed by atoms with Crippen LogP contribution in [0.5, 0.6) is 0 Å². The first-order chi connectivity index (χ1) is 11.1. The molecule has 2 aromatic rings. The van der Waals surface area contributed by atoms with Gasteiger partial charge in [-0.3, -0.25) is 10.1 Å². The molecule has 1 aliphatic carbocycles. The number of anilines is 1. The Balaban J connectivity index is 1.57. The molecule has 0 aliphatic heterocycles. The van der Waals surface area contributed by atoms with Crippen molar-refractivity contribution in [2.75, 3.05) is 5.32 Å². The van der Waals surface area contributed by atoms with E-state index in [1.54, 1.807) is 10.9 Å². The Labute approximate surface area is 143 Å². The highest BCUT2D eigenvalue weighted by molar-refractivity contribution is 8.00. The smallest absolute Gasteiger partial charge is 0.239 e. The van der Waals surface area contributed by atoms with E-state index in [9.17, 15) is 4.79 Å². The quantitative estimate of drug-likeness (QED) is 0.833. The third-order valence-electron chi connectivity index (χ3n) is 3.95. The van der Waals surface area contributed by atoms with Crippen LogP contribution in [0.25, 0.3) is 0 Å². The van der Waals surface area contributed by atoms with Gasteiger partial charge in [0, 0.05) is 13.0 Å². The van der Waals surface area contributed by atoms with E-state index >= 15 is 0 Å². The molecule has 1 aliphatic rings. The van der Waals surface area contributed by atoms with Gasteiger partial charge in [-0.25, -0.2) is 0 Å². The molecule has 1 N–H and O–H groups in total. The van der Waals surface area contributed by atoms with Crippen molar-refractivity contribution in [2.45, 2.75) is 55.4 Å². The van der Waals surface area contributed by atoms with Crippen LogP contribution < -0.4 is 5.32 Å². The number of carbonyl (C=O) groups excluding carboxylic acids is 1. The molecule has 0 saturated heterocycles. The first-order valence-electron chi connectivity index (χ1n) is 7.78. The molecule has 1 fully saturated rings. The lowest BCUT2D eigenvalue weighted by atomic mass is 9.90. The summed E-state index contributed by atoms with van der Waals surface area (Å²) in [7, 11) is 1.86. The number of nitrogens with one attached hydrogen (secondary N) is 1. The zero-order valence-electron chi connectivity index (χ0n) is 13.2. The van der Waals surface area contributed by atoms with Crippen molar-refractivity contribution in [3.05, 3.63) is 11.3 Å². The standard InChI is InChI=1S/C14H20N6OS2/c1-9(22-14-19-15-8-20(14)2)11(21)16-13-18-17-12(23-13)10-6-4-3-5-7-10/h8-10H,3-7H2,1-2H3,(H,16,18,21)/t9-/m1/s1. The lowest BCUT2D eigenvalue weighted by Crippen LogP contribution is -2.22. The number of thioether (sulfide) groups is 1. The lowest BCUT2D eigenvalue weighted by molar-refractivity contribution is -0.115. The second kappa shape index (κ2) is 7.39. The Hall–Kier alpha value is -1.48. The van der Waals surface area contributed by atoms with Crippen molar-refractivity contribution < 1.29 is 4.79 Å². The zero-order valence-corrected chi connectivity index (χ0v) is 14.9. The molecule has 9 heteroatoms. The van der Waals surface area contributed by atoms with E-state index in [4.69, 9.17) is 0 Å². The minimum Gasteiger partial charge on any atom is -0.312 e. The highest BCUT2D eigenvalue weighted by Gasteiger charge is 2.22. The number of aryl methyl sites for hydroxylation is 1. The summed E-state index contributed by atoms with van der Waals surface area (Å²) >= 11 is 2.87. The summed E-state index contributed by atoms with van der Waals surface area (Å²) in [6, 6.07) is 0. The van der Waals surface area contributed by atoms with Gasteiger partial charge in [0.05, 0.1) is 5.25 Å². The zero-order chi connectivity index (χ0) is 16.2. The highest BCUT2D eigenvalue weighted by Crippen LogP contribution is 2.35. The third-order valence-corrected chi connectivity index (χ3v) is 6.10. The number of rotatable bonds is 5. The summed E-state index contributed by atoms with van der Waals surface area (Å²) in [6.07, 6.45) is 7.82. The van der Waals surface area contributed by atoms with Crippen LogP contribution in [0.4, 0.5) is 5.13 Å². The van der Waals surface area contributed by atoms with Crippen LogP contribution in [0.1, 0.15) is 50.0 Å². The van der Waals surface area contributed by atoms with Crippen LogP contribution >= 0.6 is 23.1 Å². The largest absolute Gasteiger partial charge is 0.312 e. The first-order valence-corrected chi connectivity index (χ1v) is 9.48. The van der Waals surface area contributed by atoms with Crippen LogP contribution in [0.15, 0.2) is 11.5 Å². The fourth-order valence-corrected chi connectivity index (χ4v) is 4.30. The van der Waals surface area contributed by atoms with Crippen molar-refractivity contribution in [3.8, 4) is 0 Å². The van der Waals surface area contributed by atoms with Crippen LogP contribution in [0.2, 0.25) is 0 Å². The van der Waals surface area contributed by atoms with Crippen molar-refractivity contribution in [3.63, 3.8) is 0 Å². The number of hydrogen-bond acceptors (Lipinski definition) is 7. The number of hydrogen-bond donors (Lipinski definition) is 1. The molecule has 1 saturated carbocycles. The Morgan fingerprint density at radius 3 is 2.83 bits per heavy atom. The van der Waals surface area contributed by atoms with Crippen LogP contribution in [-0.4, -0.2) is 36.1 Å². The van der Waals surface area contributed by atoms with E-state index in [0.29, 0.717) is 16.2 Å². The Bertz CT molecular complexity index is 664. The predicted molar refractivity (Wildman–Crippen MR) is 90.7 cm³/mol. The first kappa shape index (κ1) is 16.4. The topological polar surface area (TPSA) is 85.6 Å². The molecular weight excluding hydrogens is 332 g/mol. The molecule has 0 bridgehead atoms. The van der Waals surface area contributed by atoms with Crippen LogP contribution in [-0.2, 0) is 11.8 Å². The molecule has 2 heterocycles. The fourth-order valence-electron chi connectivity index (χ4n) is 2.60. The van der Waals surface area contributed by atoms with Crippen molar-refractivity contribution in [2.24, 2.45) is 7.05 Å². The molecular formula is C14H20N6OS2. The van der Waals surface area contributed by atoms with Crippen molar-refractivity contribution >= 4 is 34.1 Å². The number of nitrogens with zero attached hydrogens (tertiary/aromatic N) is 5. The molecule has 0 unspecified atom stereocenters. The molecule has 3 rings (SSSR count). The molecule has 0 radical (unpaired) electrons. The van der Waals surface area contributed by atoms with Gasteiger partial charge < -0.3 is 4.57 Å². The van der Waals surface area contributed by atoms with E-state index in [-0.39, 0.29) is 11.2 Å². The normalized spacial score (nSPS) is 17.1. The maximum Gasteiger partial charge on any atom is 0.239 e. The minimum atomic E-state index is -0.278. The average Bonchev–Trinajstić information content (AvgIpc) is 3.18. The summed E-state index contributed by atoms with van der Waals surface area (Å²) in [5, 5.41) is 21.1. The van der Waals surface area contributed by atoms with Gasteiger partial charge in [0.25, 0.3) is 0 Å². The van der Waals surface area contributed by atoms with Crippen LogP contribution in [0, 0.1) is 0 Å². The molecule has 0 aromatic carbocycles. The SMILES string of the molecule is C[C@@H](Sc1nncn1C)C(=O)Nc1nnc(C2CCCCC2)s1. The summed E-state index contributed by atoms with van der Waals surface area (Å²) in [5.41, 5.74) is 0. The molecule has 7 nitrogen and oxygen atoms in total. The molecule has 0 spiro atoms. The average molecular weight is 352 g/mol. The number of carbonyl (C=O) groups is 1. The summed E-state index contributed by atoms with van der Waals surface area (Å²) in [4.78, 5) is 12.3. The molecule has 23 heavy (non-hydrogen) atoms.